The van der Waals surface area contributed by atoms with E-state index in [2.05, 4.69) is 63.4 Å². The number of methoxy groups -OCH3 is 1. The monoisotopic (exact) mass is 603 g/mol. The molecule has 0 spiro atoms. The van der Waals surface area contributed by atoms with E-state index in [0.29, 0.717) is 17.1 Å². The summed E-state index contributed by atoms with van der Waals surface area (Å²) in [7, 11) is 2.57. The van der Waals surface area contributed by atoms with Crippen molar-refractivity contribution in [1.29, 1.82) is 0 Å². The molecule has 2 aromatic carbocycles. The number of benzene rings is 2. The molecule has 0 saturated carbocycles. The third-order valence-electron chi connectivity index (χ3n) is 4.65. The number of hydrogen-bond acceptors (Lipinski definition) is 10. The molecule has 0 aliphatic rings. The summed E-state index contributed by atoms with van der Waals surface area (Å²) in [6.07, 6.45) is 3.60. The largest absolute Gasteiger partial charge is 0.524 e. The molecule has 3 rings (SSSR count). The average molecular weight is 604 g/mol. The Labute approximate surface area is 243 Å². The fourth-order valence-corrected chi connectivity index (χ4v) is 3.86. The molecule has 0 bridgehead atoms. The number of ether oxygens (including phenoxy) is 1. The molecule has 10 nitrogen and oxygen atoms in total. The van der Waals surface area contributed by atoms with Crippen LogP contribution in [0.2, 0.25) is 11.8 Å². The van der Waals surface area contributed by atoms with Crippen molar-refractivity contribution in [3.63, 3.8) is 0 Å². The van der Waals surface area contributed by atoms with Gasteiger partial charge in [-0.3, -0.25) is 4.98 Å². The topological polar surface area (TPSA) is 122 Å². The summed E-state index contributed by atoms with van der Waals surface area (Å²) in [5.41, 5.74) is 2.39. The Balaban J connectivity index is 0.00000211. The Kier molecular flexibility index (Phi) is 13.5. The van der Waals surface area contributed by atoms with Gasteiger partial charge in [-0.05, 0) is 50.2 Å². The van der Waals surface area contributed by atoms with Crippen molar-refractivity contribution in [2.24, 2.45) is 10.2 Å². The average Bonchev–Trinajstić information content (AvgIpc) is 2.85. The van der Waals surface area contributed by atoms with E-state index in [4.69, 9.17) is 16.3 Å². The Bertz CT molecular complexity index is 1280. The molecule has 0 amide bonds. The number of rotatable bonds is 9. The molecule has 0 fully saturated rings. The second kappa shape index (κ2) is 15.2. The van der Waals surface area contributed by atoms with Crippen LogP contribution in [0.5, 0.6) is 6.01 Å². The fourth-order valence-electron chi connectivity index (χ4n) is 2.93. The Morgan fingerprint density at radius 2 is 1.72 bits per heavy atom. The van der Waals surface area contributed by atoms with E-state index in [1.165, 1.54) is 32.1 Å². The van der Waals surface area contributed by atoms with Crippen molar-refractivity contribution in [2.45, 2.75) is 25.6 Å². The molecule has 36 heavy (non-hydrogen) atoms. The van der Waals surface area contributed by atoms with Crippen LogP contribution in [0.1, 0.15) is 13.8 Å². The molecule has 0 atom stereocenters. The van der Waals surface area contributed by atoms with Crippen molar-refractivity contribution < 1.29 is 45.9 Å². The van der Waals surface area contributed by atoms with Crippen LogP contribution in [0.3, 0.4) is 0 Å². The molecule has 1 heterocycles. The van der Waals surface area contributed by atoms with Crippen molar-refractivity contribution in [2.75, 3.05) is 36.7 Å². The number of nitrogens with zero attached hydrogens (tertiary/aromatic N) is 6. The summed E-state index contributed by atoms with van der Waals surface area (Å²) < 4.78 is 28.5. The molecule has 0 aliphatic heterocycles. The molecule has 1 aromatic heterocycles. The first-order valence-corrected chi connectivity index (χ1v) is 12.8. The Hall–Kier alpha value is -2.14. The number of hydrogen-bond donors (Lipinski definition) is 1. The van der Waals surface area contributed by atoms with Crippen molar-refractivity contribution >= 4 is 58.0 Å². The van der Waals surface area contributed by atoms with Crippen LogP contribution >= 0.6 is 11.6 Å². The van der Waals surface area contributed by atoms with Gasteiger partial charge in [-0.1, -0.05) is 18.4 Å². The van der Waals surface area contributed by atoms with Crippen molar-refractivity contribution in [3.8, 4) is 6.01 Å². The van der Waals surface area contributed by atoms with Gasteiger partial charge in [0.15, 0.2) is 9.84 Å². The van der Waals surface area contributed by atoms with E-state index in [0.717, 1.165) is 25.0 Å². The summed E-state index contributed by atoms with van der Waals surface area (Å²) in [4.78, 5) is 14.2. The Morgan fingerprint density at radius 1 is 1.08 bits per heavy atom. The minimum Gasteiger partial charge on any atom is -0.524 e. The van der Waals surface area contributed by atoms with Crippen LogP contribution < -0.4 is 15.0 Å². The zero-order valence-electron chi connectivity index (χ0n) is 20.7. The zero-order chi connectivity index (χ0) is 26.0. The number of sulfone groups is 1. The van der Waals surface area contributed by atoms with E-state index in [1.807, 2.05) is 12.1 Å². The molecule has 0 saturated heterocycles. The van der Waals surface area contributed by atoms with E-state index >= 15 is 0 Å². The SMILES string of the molecule is CCN(CC)c1ccc(N=Nc2ccc(S(C)(=O)=O)cc2Cl)c(Nc2n[c-]nc(OC)n2)c1.[B]C.[Y]. The van der Waals surface area contributed by atoms with Gasteiger partial charge in [0.2, 0.25) is 6.01 Å². The standard InChI is InChI=1S/C21H23ClN7O3S.CH3B.Y/c1-5-29(6-2)14-7-9-18(19(11-14)25-20-23-13-24-21(26-20)32-3)28-27-17-10-8-15(12-16(17)22)33(4,30)31;1-2;/h7-12H,5-6H2,1-4H3,(H,23,24,25,26);1H3;/q-1;;. The molecule has 0 aliphatic carbocycles. The predicted molar refractivity (Wildman–Crippen MR) is 139 cm³/mol. The summed E-state index contributed by atoms with van der Waals surface area (Å²) in [5, 5.41) is 11.8. The first-order chi connectivity index (χ1) is 16.7. The van der Waals surface area contributed by atoms with E-state index in [1.54, 1.807) is 6.07 Å². The van der Waals surface area contributed by atoms with Crippen LogP contribution in [-0.2, 0) is 42.5 Å². The quantitative estimate of drug-likeness (QED) is 0.207. The number of azo groups is 1. The molecule has 3 radical (unpaired) electrons. The molecule has 0 unspecified atom stereocenters. The van der Waals surface area contributed by atoms with Gasteiger partial charge < -0.3 is 24.9 Å². The van der Waals surface area contributed by atoms with Crippen LogP contribution in [-0.4, -0.2) is 57.7 Å². The second-order valence-electron chi connectivity index (χ2n) is 6.83. The summed E-state index contributed by atoms with van der Waals surface area (Å²) in [5.74, 6) is 0.227. The molecule has 3 aromatic rings. The zero-order valence-corrected chi connectivity index (χ0v) is 25.1. The van der Waals surface area contributed by atoms with Crippen LogP contribution in [0, 0.1) is 6.33 Å². The van der Waals surface area contributed by atoms with Gasteiger partial charge >= 0.3 is 0 Å². The maximum absolute atomic E-state index is 11.7. The molecule has 1 N–H and O–H groups in total. The molecule has 187 valence electrons. The predicted octanol–water partition coefficient (Wildman–Crippen LogP) is 4.94. The smallest absolute Gasteiger partial charge is 0.201 e. The van der Waals surface area contributed by atoms with Gasteiger partial charge in [0.1, 0.15) is 17.3 Å². The summed E-state index contributed by atoms with van der Waals surface area (Å²) >= 11 is 6.22. The van der Waals surface area contributed by atoms with Crippen molar-refractivity contribution in [1.82, 2.24) is 15.0 Å². The van der Waals surface area contributed by atoms with Crippen LogP contribution in [0.25, 0.3) is 0 Å². The molecule has 14 heteroatoms. The third kappa shape index (κ3) is 8.76. The first-order valence-electron chi connectivity index (χ1n) is 10.6. The number of halogens is 1. The molecular formula is C22H26BClN7O3SY-. The van der Waals surface area contributed by atoms with Crippen LogP contribution in [0.15, 0.2) is 51.5 Å². The third-order valence-corrected chi connectivity index (χ3v) is 6.07. The van der Waals surface area contributed by atoms with Crippen molar-refractivity contribution in [3.05, 3.63) is 47.7 Å². The van der Waals surface area contributed by atoms with Gasteiger partial charge in [-0.2, -0.15) is 0 Å². The maximum Gasteiger partial charge on any atom is 0.201 e. The van der Waals surface area contributed by atoms with Gasteiger partial charge in [0.25, 0.3) is 0 Å². The number of nitrogens with one attached hydrogen (secondary N) is 1. The normalized spacial score (nSPS) is 10.7. The van der Waals surface area contributed by atoms with Gasteiger partial charge in [0, 0.05) is 64.1 Å². The second-order valence-corrected chi connectivity index (χ2v) is 9.25. The van der Waals surface area contributed by atoms with Gasteiger partial charge in [-0.25, -0.2) is 8.42 Å². The Morgan fingerprint density at radius 3 is 2.31 bits per heavy atom. The number of anilines is 3. The van der Waals surface area contributed by atoms with E-state index in [9.17, 15) is 8.42 Å². The van der Waals surface area contributed by atoms with Gasteiger partial charge in [-0.15, -0.1) is 10.2 Å². The summed E-state index contributed by atoms with van der Waals surface area (Å²) in [6.45, 7) is 7.29. The molecular weight excluding hydrogens is 578 g/mol. The minimum atomic E-state index is -3.38. The van der Waals surface area contributed by atoms with Gasteiger partial charge in [0.05, 0.1) is 30.6 Å². The fraction of sp³-hybridized carbons (Fsp3) is 0.318. The van der Waals surface area contributed by atoms with E-state index < -0.39 is 9.84 Å². The van der Waals surface area contributed by atoms with E-state index in [-0.39, 0.29) is 54.6 Å². The first kappa shape index (κ1) is 31.9. The summed E-state index contributed by atoms with van der Waals surface area (Å²) in [6, 6.07) is 10.1. The minimum absolute atomic E-state index is 0. The number of aromatic nitrogens is 3. The van der Waals surface area contributed by atoms with Crippen LogP contribution in [0.4, 0.5) is 28.7 Å². The maximum atomic E-state index is 11.7.